The Kier molecular flexibility index (Phi) is 6.72. The zero-order chi connectivity index (χ0) is 16.2. The van der Waals surface area contributed by atoms with E-state index in [0.717, 1.165) is 5.76 Å². The van der Waals surface area contributed by atoms with Crippen molar-refractivity contribution in [3.8, 4) is 11.3 Å². The Morgan fingerprint density at radius 2 is 1.96 bits per heavy atom. The number of halogens is 2. The monoisotopic (exact) mass is 369 g/mol. The lowest BCUT2D eigenvalue weighted by Crippen LogP contribution is -2.30. The fraction of sp³-hybridized carbons (Fsp3) is 0.389. The lowest BCUT2D eigenvalue weighted by Gasteiger charge is -2.22. The predicted octanol–water partition coefficient (Wildman–Crippen LogP) is 5.14. The fourth-order valence-corrected chi connectivity index (χ4v) is 3.23. The number of carbonyl (C=O) groups is 1. The molecule has 2 N–H and O–H groups in total. The van der Waals surface area contributed by atoms with Gasteiger partial charge in [-0.15, -0.1) is 12.4 Å². The molecule has 1 saturated carbocycles. The fourth-order valence-electron chi connectivity index (χ4n) is 3.02. The van der Waals surface area contributed by atoms with E-state index in [2.05, 4.69) is 5.32 Å². The Morgan fingerprint density at radius 3 is 2.67 bits per heavy atom. The third-order valence-electron chi connectivity index (χ3n) is 4.31. The molecule has 1 fully saturated rings. The molecule has 130 valence electrons. The van der Waals surface area contributed by atoms with Crippen LogP contribution in [0.5, 0.6) is 0 Å². The van der Waals surface area contributed by atoms with Crippen molar-refractivity contribution in [1.82, 2.24) is 5.32 Å². The second-order valence-electron chi connectivity index (χ2n) is 5.98. The largest absolute Gasteiger partial charge is 0.478 e. The molecular formula is C18H21Cl2NO3. The number of furan rings is 1. The first kappa shape index (κ1) is 18.8. The summed E-state index contributed by atoms with van der Waals surface area (Å²) in [4.78, 5) is 11.1. The predicted molar refractivity (Wildman–Crippen MR) is 97.1 cm³/mol. The summed E-state index contributed by atoms with van der Waals surface area (Å²) in [6.45, 7) is 0.681. The van der Waals surface area contributed by atoms with Crippen molar-refractivity contribution in [3.63, 3.8) is 0 Å². The zero-order valence-electron chi connectivity index (χ0n) is 13.3. The van der Waals surface area contributed by atoms with Gasteiger partial charge < -0.3 is 14.8 Å². The summed E-state index contributed by atoms with van der Waals surface area (Å²) >= 11 is 6.17. The highest BCUT2D eigenvalue weighted by Crippen LogP contribution is 2.30. The van der Waals surface area contributed by atoms with E-state index in [4.69, 9.17) is 21.1 Å². The number of carboxylic acids is 1. The number of carboxylic acid groups (broad SMARTS) is 1. The summed E-state index contributed by atoms with van der Waals surface area (Å²) in [6.07, 6.45) is 6.36. The minimum Gasteiger partial charge on any atom is -0.478 e. The zero-order valence-corrected chi connectivity index (χ0v) is 14.8. The summed E-state index contributed by atoms with van der Waals surface area (Å²) in [5, 5.41) is 13.1. The van der Waals surface area contributed by atoms with Crippen LogP contribution >= 0.6 is 24.0 Å². The highest BCUT2D eigenvalue weighted by Gasteiger charge is 2.15. The van der Waals surface area contributed by atoms with Crippen molar-refractivity contribution in [2.75, 3.05) is 0 Å². The van der Waals surface area contributed by atoms with Crippen LogP contribution in [0.15, 0.2) is 34.7 Å². The normalized spacial score (nSPS) is 15.0. The molecule has 1 heterocycles. The summed E-state index contributed by atoms with van der Waals surface area (Å²) in [5.74, 6) is 0.453. The van der Waals surface area contributed by atoms with Crippen LogP contribution in [0.25, 0.3) is 11.3 Å². The van der Waals surface area contributed by atoms with Gasteiger partial charge >= 0.3 is 5.97 Å². The summed E-state index contributed by atoms with van der Waals surface area (Å²) in [6, 6.07) is 8.93. The van der Waals surface area contributed by atoms with Crippen molar-refractivity contribution >= 4 is 30.0 Å². The van der Waals surface area contributed by atoms with Crippen molar-refractivity contribution in [1.29, 1.82) is 0 Å². The van der Waals surface area contributed by atoms with Crippen molar-refractivity contribution < 1.29 is 14.3 Å². The maximum Gasteiger partial charge on any atom is 0.335 e. The molecule has 1 aromatic heterocycles. The Labute approximate surface area is 152 Å². The van der Waals surface area contributed by atoms with E-state index >= 15 is 0 Å². The molecule has 2 aromatic rings. The van der Waals surface area contributed by atoms with E-state index in [1.165, 1.54) is 38.2 Å². The molecule has 0 spiro atoms. The van der Waals surface area contributed by atoms with Crippen LogP contribution in [0, 0.1) is 0 Å². The van der Waals surface area contributed by atoms with Crippen LogP contribution in [0.1, 0.15) is 48.2 Å². The summed E-state index contributed by atoms with van der Waals surface area (Å²) in [7, 11) is 0. The number of hydrogen-bond acceptors (Lipinski definition) is 3. The number of rotatable bonds is 5. The molecule has 0 radical (unpaired) electrons. The van der Waals surface area contributed by atoms with Gasteiger partial charge in [0.2, 0.25) is 0 Å². The second-order valence-corrected chi connectivity index (χ2v) is 6.39. The molecule has 0 saturated heterocycles. The molecule has 0 atom stereocenters. The highest BCUT2D eigenvalue weighted by molar-refractivity contribution is 6.33. The molecule has 0 bridgehead atoms. The van der Waals surface area contributed by atoms with Gasteiger partial charge in [-0.05, 0) is 43.2 Å². The van der Waals surface area contributed by atoms with E-state index in [1.807, 2.05) is 12.1 Å². The molecule has 4 nitrogen and oxygen atoms in total. The van der Waals surface area contributed by atoms with E-state index in [0.29, 0.717) is 28.9 Å². The molecule has 24 heavy (non-hydrogen) atoms. The molecule has 3 rings (SSSR count). The van der Waals surface area contributed by atoms with Crippen LogP contribution < -0.4 is 5.32 Å². The Balaban J connectivity index is 0.00000208. The van der Waals surface area contributed by atoms with Gasteiger partial charge in [0.05, 0.1) is 17.1 Å². The average molecular weight is 370 g/mol. The minimum absolute atomic E-state index is 0. The topological polar surface area (TPSA) is 62.5 Å². The van der Waals surface area contributed by atoms with E-state index in [-0.39, 0.29) is 18.0 Å². The van der Waals surface area contributed by atoms with Crippen LogP contribution in [0.2, 0.25) is 5.02 Å². The van der Waals surface area contributed by atoms with Gasteiger partial charge in [-0.3, -0.25) is 0 Å². The molecule has 1 aromatic carbocycles. The molecule has 1 aliphatic rings. The molecule has 6 heteroatoms. The lowest BCUT2D eigenvalue weighted by molar-refractivity contribution is 0.0697. The summed E-state index contributed by atoms with van der Waals surface area (Å²) < 4.78 is 5.84. The number of aromatic carboxylic acids is 1. The van der Waals surface area contributed by atoms with Gasteiger partial charge in [-0.2, -0.15) is 0 Å². The van der Waals surface area contributed by atoms with Crippen LogP contribution in [-0.2, 0) is 6.54 Å². The minimum atomic E-state index is -0.978. The molecule has 0 unspecified atom stereocenters. The van der Waals surface area contributed by atoms with Gasteiger partial charge in [0, 0.05) is 11.6 Å². The second kappa shape index (κ2) is 8.56. The van der Waals surface area contributed by atoms with Gasteiger partial charge in [-0.25, -0.2) is 4.79 Å². The Morgan fingerprint density at radius 1 is 1.21 bits per heavy atom. The first-order valence-corrected chi connectivity index (χ1v) is 8.36. The van der Waals surface area contributed by atoms with Crippen LogP contribution in [-0.4, -0.2) is 17.1 Å². The van der Waals surface area contributed by atoms with Crippen molar-refractivity contribution in [3.05, 3.63) is 46.7 Å². The van der Waals surface area contributed by atoms with E-state index in [1.54, 1.807) is 12.1 Å². The van der Waals surface area contributed by atoms with Gasteiger partial charge in [-0.1, -0.05) is 30.9 Å². The average Bonchev–Trinajstić information content (AvgIpc) is 3.03. The third kappa shape index (κ3) is 4.53. The molecule has 0 aliphatic heterocycles. The standard InChI is InChI=1S/C18H20ClNO3.ClH/c19-16-8-6-12(18(21)22)10-15(16)17-9-7-14(23-17)11-20-13-4-2-1-3-5-13;/h6-10,13,20H,1-5,11H2,(H,21,22);1H. The van der Waals surface area contributed by atoms with Crippen LogP contribution in [0.3, 0.4) is 0 Å². The van der Waals surface area contributed by atoms with E-state index < -0.39 is 5.97 Å². The smallest absolute Gasteiger partial charge is 0.335 e. The van der Waals surface area contributed by atoms with Gasteiger partial charge in [0.1, 0.15) is 11.5 Å². The SMILES string of the molecule is Cl.O=C(O)c1ccc(Cl)c(-c2ccc(CNC3CCCCC3)o2)c1. The Bertz CT molecular complexity index is 693. The molecular weight excluding hydrogens is 349 g/mol. The highest BCUT2D eigenvalue weighted by atomic mass is 35.5. The van der Waals surface area contributed by atoms with Crippen molar-refractivity contribution in [2.24, 2.45) is 0 Å². The maximum absolute atomic E-state index is 11.1. The first-order chi connectivity index (χ1) is 11.1. The molecule has 1 aliphatic carbocycles. The maximum atomic E-state index is 11.1. The first-order valence-electron chi connectivity index (χ1n) is 7.99. The number of nitrogens with one attached hydrogen (secondary N) is 1. The van der Waals surface area contributed by atoms with Gasteiger partial charge in [0.15, 0.2) is 0 Å². The number of hydrogen-bond donors (Lipinski definition) is 2. The summed E-state index contributed by atoms with van der Waals surface area (Å²) in [5.41, 5.74) is 0.804. The lowest BCUT2D eigenvalue weighted by atomic mass is 9.95. The Hall–Kier alpha value is -1.49. The van der Waals surface area contributed by atoms with Gasteiger partial charge in [0.25, 0.3) is 0 Å². The quantitative estimate of drug-likeness (QED) is 0.765. The van der Waals surface area contributed by atoms with Crippen molar-refractivity contribution in [2.45, 2.75) is 44.7 Å². The van der Waals surface area contributed by atoms with Crippen LogP contribution in [0.4, 0.5) is 0 Å². The van der Waals surface area contributed by atoms with E-state index in [9.17, 15) is 4.79 Å². The molecule has 0 amide bonds. The number of benzene rings is 1. The third-order valence-corrected chi connectivity index (χ3v) is 4.64.